The molecule has 0 bridgehead atoms. The van der Waals surface area contributed by atoms with E-state index in [2.05, 4.69) is 11.4 Å². The summed E-state index contributed by atoms with van der Waals surface area (Å²) in [7, 11) is 0. The van der Waals surface area contributed by atoms with Crippen molar-refractivity contribution in [2.24, 2.45) is 0 Å². The maximum Gasteiger partial charge on any atom is 0.263 e. The van der Waals surface area contributed by atoms with Crippen LogP contribution in [0.15, 0.2) is 30.3 Å². The van der Waals surface area contributed by atoms with Gasteiger partial charge in [-0.05, 0) is 55.0 Å². The number of thiophene rings is 1. The van der Waals surface area contributed by atoms with E-state index in [1.54, 1.807) is 0 Å². The van der Waals surface area contributed by atoms with Gasteiger partial charge in [-0.25, -0.2) is 4.98 Å². The van der Waals surface area contributed by atoms with Crippen molar-refractivity contribution in [3.05, 3.63) is 57.1 Å². The molecule has 1 amide bonds. The minimum absolute atomic E-state index is 0.136. The lowest BCUT2D eigenvalue weighted by molar-refractivity contribution is 0.0959. The number of benzene rings is 1. The van der Waals surface area contributed by atoms with E-state index >= 15 is 0 Å². The average molecular weight is 372 g/mol. The Morgan fingerprint density at radius 3 is 3.04 bits per heavy atom. The van der Waals surface area contributed by atoms with Crippen molar-refractivity contribution < 1.29 is 4.79 Å². The van der Waals surface area contributed by atoms with Gasteiger partial charge < -0.3 is 11.1 Å². The Balaban J connectivity index is 1.49. The molecule has 1 aliphatic rings. The van der Waals surface area contributed by atoms with Crippen molar-refractivity contribution in [1.82, 2.24) is 10.3 Å². The minimum Gasteiger partial charge on any atom is -0.397 e. The molecule has 6 heteroatoms. The molecule has 0 saturated heterocycles. The van der Waals surface area contributed by atoms with Gasteiger partial charge in [-0.1, -0.05) is 23.7 Å². The van der Waals surface area contributed by atoms with Gasteiger partial charge in [-0.2, -0.15) is 0 Å². The van der Waals surface area contributed by atoms with Crippen molar-refractivity contribution in [2.45, 2.75) is 25.7 Å². The standard InChI is InChI=1S/C19H18ClN3OS/c20-13-5-1-3-11(9-13)7-8-22-18(24)17-16(21)14-10-12-4-2-6-15(12)23-19(14)25-17/h1,3,5,9-10H,2,4,6-8,21H2,(H,22,24). The molecular weight excluding hydrogens is 354 g/mol. The third-order valence-electron chi connectivity index (χ3n) is 4.54. The van der Waals surface area contributed by atoms with Crippen LogP contribution >= 0.6 is 22.9 Å². The van der Waals surface area contributed by atoms with Crippen LogP contribution in [0.4, 0.5) is 5.69 Å². The SMILES string of the molecule is Nc1c(C(=O)NCCc2cccc(Cl)c2)sc2nc3c(cc12)CCC3. The first-order valence-corrected chi connectivity index (χ1v) is 9.54. The van der Waals surface area contributed by atoms with Crippen LogP contribution in [0.2, 0.25) is 5.02 Å². The van der Waals surface area contributed by atoms with Crippen LogP contribution in [0.1, 0.15) is 32.9 Å². The number of carbonyl (C=O) groups is 1. The molecular formula is C19H18ClN3OS. The van der Waals surface area contributed by atoms with Gasteiger partial charge in [-0.3, -0.25) is 4.79 Å². The van der Waals surface area contributed by atoms with Crippen molar-refractivity contribution in [1.29, 1.82) is 0 Å². The second-order valence-corrected chi connectivity index (χ2v) is 7.72. The molecule has 0 saturated carbocycles. The first-order chi connectivity index (χ1) is 12.1. The molecule has 4 nitrogen and oxygen atoms in total. The lowest BCUT2D eigenvalue weighted by atomic mass is 10.1. The summed E-state index contributed by atoms with van der Waals surface area (Å²) in [6.07, 6.45) is 3.94. The highest BCUT2D eigenvalue weighted by Crippen LogP contribution is 2.35. The normalized spacial score (nSPS) is 13.2. The summed E-state index contributed by atoms with van der Waals surface area (Å²) in [4.78, 5) is 18.6. The number of aromatic nitrogens is 1. The number of rotatable bonds is 4. The Kier molecular flexibility index (Phi) is 4.36. The van der Waals surface area contributed by atoms with Crippen molar-refractivity contribution in [3.8, 4) is 0 Å². The Bertz CT molecular complexity index is 967. The zero-order valence-corrected chi connectivity index (χ0v) is 15.2. The Hall–Kier alpha value is -2.11. The molecule has 4 rings (SSSR count). The molecule has 1 aromatic carbocycles. The molecule has 0 aliphatic heterocycles. The fraction of sp³-hybridized carbons (Fsp3) is 0.263. The zero-order valence-electron chi connectivity index (χ0n) is 13.6. The van der Waals surface area contributed by atoms with Crippen LogP contribution in [0, 0.1) is 0 Å². The van der Waals surface area contributed by atoms with Crippen LogP contribution in [-0.2, 0) is 19.3 Å². The van der Waals surface area contributed by atoms with Gasteiger partial charge in [0.05, 0.1) is 5.69 Å². The summed E-state index contributed by atoms with van der Waals surface area (Å²) >= 11 is 7.36. The summed E-state index contributed by atoms with van der Waals surface area (Å²) in [5.74, 6) is -0.136. The molecule has 1 aliphatic carbocycles. The Morgan fingerprint density at radius 2 is 2.20 bits per heavy atom. The zero-order chi connectivity index (χ0) is 17.4. The number of hydrogen-bond donors (Lipinski definition) is 2. The quantitative estimate of drug-likeness (QED) is 0.728. The van der Waals surface area contributed by atoms with Crippen molar-refractivity contribution in [3.63, 3.8) is 0 Å². The van der Waals surface area contributed by atoms with Gasteiger partial charge >= 0.3 is 0 Å². The number of nitrogens with one attached hydrogen (secondary N) is 1. The molecule has 25 heavy (non-hydrogen) atoms. The third-order valence-corrected chi connectivity index (χ3v) is 5.89. The number of pyridine rings is 1. The highest BCUT2D eigenvalue weighted by Gasteiger charge is 2.20. The highest BCUT2D eigenvalue weighted by atomic mass is 35.5. The number of hydrogen-bond acceptors (Lipinski definition) is 4. The number of anilines is 1. The third kappa shape index (κ3) is 3.22. The second-order valence-electron chi connectivity index (χ2n) is 6.28. The number of aryl methyl sites for hydroxylation is 2. The molecule has 0 unspecified atom stereocenters. The van der Waals surface area contributed by atoms with Gasteiger partial charge in [0, 0.05) is 22.6 Å². The van der Waals surface area contributed by atoms with Crippen molar-refractivity contribution in [2.75, 3.05) is 12.3 Å². The van der Waals surface area contributed by atoms with E-state index < -0.39 is 0 Å². The number of nitrogen functional groups attached to an aromatic ring is 1. The summed E-state index contributed by atoms with van der Waals surface area (Å²) in [5, 5.41) is 4.56. The van der Waals surface area contributed by atoms with E-state index in [-0.39, 0.29) is 5.91 Å². The van der Waals surface area contributed by atoms with Crippen LogP contribution < -0.4 is 11.1 Å². The molecule has 0 fully saturated rings. The largest absolute Gasteiger partial charge is 0.397 e. The smallest absolute Gasteiger partial charge is 0.263 e. The molecule has 3 aromatic rings. The second kappa shape index (κ2) is 6.65. The average Bonchev–Trinajstić information content (AvgIpc) is 3.17. The summed E-state index contributed by atoms with van der Waals surface area (Å²) < 4.78 is 0. The maximum atomic E-state index is 12.5. The topological polar surface area (TPSA) is 68.0 Å². The lowest BCUT2D eigenvalue weighted by Gasteiger charge is -2.05. The van der Waals surface area contributed by atoms with Gasteiger partial charge in [0.25, 0.3) is 5.91 Å². The molecule has 128 valence electrons. The highest BCUT2D eigenvalue weighted by molar-refractivity contribution is 7.21. The summed E-state index contributed by atoms with van der Waals surface area (Å²) in [6.45, 7) is 0.538. The van der Waals surface area contributed by atoms with Gasteiger partial charge in [0.1, 0.15) is 9.71 Å². The first kappa shape index (κ1) is 16.4. The van der Waals surface area contributed by atoms with Crippen LogP contribution in [0.25, 0.3) is 10.2 Å². The number of nitrogens with two attached hydrogens (primary N) is 1. The number of fused-ring (bicyclic) bond motifs is 2. The van der Waals surface area contributed by atoms with E-state index in [1.807, 2.05) is 24.3 Å². The molecule has 2 aromatic heterocycles. The number of nitrogens with zero attached hydrogens (tertiary/aromatic N) is 1. The summed E-state index contributed by atoms with van der Waals surface area (Å²) in [6, 6.07) is 9.77. The fourth-order valence-corrected chi connectivity index (χ4v) is 4.49. The van der Waals surface area contributed by atoms with Gasteiger partial charge in [0.2, 0.25) is 0 Å². The molecule has 0 atom stereocenters. The Morgan fingerprint density at radius 1 is 1.32 bits per heavy atom. The van der Waals surface area contributed by atoms with E-state index in [0.29, 0.717) is 22.1 Å². The lowest BCUT2D eigenvalue weighted by Crippen LogP contribution is -2.25. The maximum absolute atomic E-state index is 12.5. The van der Waals surface area contributed by atoms with E-state index in [9.17, 15) is 4.79 Å². The molecule has 0 spiro atoms. The first-order valence-electron chi connectivity index (χ1n) is 8.35. The summed E-state index contributed by atoms with van der Waals surface area (Å²) in [5.41, 5.74) is 10.3. The van der Waals surface area contributed by atoms with Gasteiger partial charge in [0.15, 0.2) is 0 Å². The predicted molar refractivity (Wildman–Crippen MR) is 104 cm³/mol. The van der Waals surface area contributed by atoms with Crippen LogP contribution in [0.5, 0.6) is 0 Å². The van der Waals surface area contributed by atoms with E-state index in [4.69, 9.17) is 22.3 Å². The predicted octanol–water partition coefficient (Wildman–Crippen LogP) is 3.99. The van der Waals surface area contributed by atoms with Gasteiger partial charge in [-0.15, -0.1) is 11.3 Å². The monoisotopic (exact) mass is 371 g/mol. The number of halogens is 1. The molecule has 2 heterocycles. The van der Waals surface area contributed by atoms with E-state index in [0.717, 1.165) is 47.2 Å². The molecule has 0 radical (unpaired) electrons. The van der Waals surface area contributed by atoms with E-state index in [1.165, 1.54) is 16.9 Å². The number of carbonyl (C=O) groups excluding carboxylic acids is 1. The van der Waals surface area contributed by atoms with Crippen molar-refractivity contribution >= 4 is 44.7 Å². The molecule has 3 N–H and O–H groups in total. The fourth-order valence-electron chi connectivity index (χ4n) is 3.26. The minimum atomic E-state index is -0.136. The Labute approximate surface area is 155 Å². The van der Waals surface area contributed by atoms with Crippen LogP contribution in [-0.4, -0.2) is 17.4 Å². The number of amides is 1. The van der Waals surface area contributed by atoms with Crippen LogP contribution in [0.3, 0.4) is 0 Å².